The minimum atomic E-state index is -1.55. The SMILES string of the molecule is CCCCCCC(O)CN(CCCCCCOC(=O)CC(C)(O)CC(=O)OCCCCCCN(CC(O)CCCCCC)CC(O)CCCCCC)CC(O)CCCCCC. The van der Waals surface area contributed by atoms with Crippen LogP contribution in [0.25, 0.3) is 0 Å². The monoisotopic (exact) mass is 873 g/mol. The lowest BCUT2D eigenvalue weighted by atomic mass is 9.98. The van der Waals surface area contributed by atoms with Gasteiger partial charge >= 0.3 is 11.9 Å². The lowest BCUT2D eigenvalue weighted by molar-refractivity contribution is -0.154. The van der Waals surface area contributed by atoms with Crippen LogP contribution in [0.2, 0.25) is 0 Å². The average Bonchev–Trinajstić information content (AvgIpc) is 3.20. The summed E-state index contributed by atoms with van der Waals surface area (Å²) in [4.78, 5) is 29.4. The van der Waals surface area contributed by atoms with Gasteiger partial charge in [-0.3, -0.25) is 19.4 Å². The summed E-state index contributed by atoms with van der Waals surface area (Å²) in [5.41, 5.74) is -1.55. The first-order valence-electron chi connectivity index (χ1n) is 25.6. The second-order valence-corrected chi connectivity index (χ2v) is 18.7. The lowest BCUT2D eigenvalue weighted by Crippen LogP contribution is -2.38. The maximum Gasteiger partial charge on any atom is 0.308 e. The molecule has 61 heavy (non-hydrogen) atoms. The Labute approximate surface area is 375 Å². The average molecular weight is 873 g/mol. The highest BCUT2D eigenvalue weighted by molar-refractivity contribution is 5.74. The van der Waals surface area contributed by atoms with Gasteiger partial charge < -0.3 is 35.0 Å². The number of carbonyl (C=O) groups excluding carboxylic acids is 2. The maximum absolute atomic E-state index is 12.5. The molecule has 0 aliphatic heterocycles. The minimum Gasteiger partial charge on any atom is -0.466 e. The summed E-state index contributed by atoms with van der Waals surface area (Å²) < 4.78 is 10.8. The van der Waals surface area contributed by atoms with Crippen molar-refractivity contribution >= 4 is 11.9 Å². The van der Waals surface area contributed by atoms with E-state index in [0.29, 0.717) is 39.0 Å². The number of hydrogen-bond acceptors (Lipinski definition) is 11. The molecule has 0 heterocycles. The van der Waals surface area contributed by atoms with E-state index in [0.717, 1.165) is 129 Å². The molecule has 0 spiro atoms. The van der Waals surface area contributed by atoms with Crippen molar-refractivity contribution < 1.29 is 44.6 Å². The Balaban J connectivity index is 4.42. The number of unbranched alkanes of at least 4 members (excludes halogenated alkanes) is 18. The molecule has 0 saturated carbocycles. The molecule has 0 fully saturated rings. The molecule has 364 valence electrons. The smallest absolute Gasteiger partial charge is 0.308 e. The second kappa shape index (κ2) is 41.4. The number of nitrogens with zero attached hydrogens (tertiary/aromatic N) is 2. The fourth-order valence-electron chi connectivity index (χ4n) is 8.04. The van der Waals surface area contributed by atoms with E-state index in [4.69, 9.17) is 9.47 Å². The topological polar surface area (TPSA) is 160 Å². The second-order valence-electron chi connectivity index (χ2n) is 18.7. The number of ether oxygens (including phenoxy) is 2. The Morgan fingerprint density at radius 3 is 0.967 bits per heavy atom. The molecule has 0 radical (unpaired) electrons. The number of rotatable bonds is 46. The predicted molar refractivity (Wildman–Crippen MR) is 251 cm³/mol. The van der Waals surface area contributed by atoms with Crippen molar-refractivity contribution in [2.75, 3.05) is 52.5 Å². The van der Waals surface area contributed by atoms with Crippen molar-refractivity contribution in [2.45, 2.75) is 257 Å². The molecular formula is C50H100N2O9. The number of aliphatic hydroxyl groups is 5. The third-order valence-electron chi connectivity index (χ3n) is 11.8. The van der Waals surface area contributed by atoms with E-state index < -0.39 is 17.5 Å². The summed E-state index contributed by atoms with van der Waals surface area (Å²) in [6, 6.07) is 0. The number of hydrogen-bond donors (Lipinski definition) is 5. The van der Waals surface area contributed by atoms with Crippen molar-refractivity contribution in [3.8, 4) is 0 Å². The summed E-state index contributed by atoms with van der Waals surface area (Å²) in [7, 11) is 0. The Bertz CT molecular complexity index is 873. The van der Waals surface area contributed by atoms with Crippen molar-refractivity contribution in [2.24, 2.45) is 0 Å². The van der Waals surface area contributed by atoms with Gasteiger partial charge in [-0.05, 0) is 71.4 Å². The normalized spacial score (nSPS) is 14.9. The predicted octanol–water partition coefficient (Wildman–Crippen LogP) is 9.65. The minimum absolute atomic E-state index is 0.257. The van der Waals surface area contributed by atoms with Gasteiger partial charge in [0.15, 0.2) is 0 Å². The Morgan fingerprint density at radius 2 is 0.689 bits per heavy atom. The van der Waals surface area contributed by atoms with E-state index >= 15 is 0 Å². The Hall–Kier alpha value is -1.34. The first-order chi connectivity index (χ1) is 29.3. The molecule has 0 bridgehead atoms. The largest absolute Gasteiger partial charge is 0.466 e. The summed E-state index contributed by atoms with van der Waals surface area (Å²) >= 11 is 0. The van der Waals surface area contributed by atoms with E-state index in [2.05, 4.69) is 37.5 Å². The molecule has 5 N–H and O–H groups in total. The van der Waals surface area contributed by atoms with Crippen LogP contribution in [-0.2, 0) is 19.1 Å². The highest BCUT2D eigenvalue weighted by atomic mass is 16.5. The first kappa shape index (κ1) is 59.7. The van der Waals surface area contributed by atoms with Gasteiger partial charge in [0.2, 0.25) is 0 Å². The highest BCUT2D eigenvalue weighted by Gasteiger charge is 2.29. The van der Waals surface area contributed by atoms with Crippen LogP contribution >= 0.6 is 0 Å². The highest BCUT2D eigenvalue weighted by Crippen LogP contribution is 2.18. The van der Waals surface area contributed by atoms with E-state index in [1.54, 1.807) is 0 Å². The molecule has 0 aromatic rings. The third kappa shape index (κ3) is 39.9. The fourth-order valence-corrected chi connectivity index (χ4v) is 8.04. The Morgan fingerprint density at radius 1 is 0.426 bits per heavy atom. The molecule has 0 aliphatic carbocycles. The van der Waals surface area contributed by atoms with Gasteiger partial charge in [0, 0.05) is 26.2 Å². The first-order valence-corrected chi connectivity index (χ1v) is 25.6. The van der Waals surface area contributed by atoms with Crippen LogP contribution in [0.15, 0.2) is 0 Å². The Kier molecular flexibility index (Phi) is 40.5. The summed E-state index contributed by atoms with van der Waals surface area (Å²) in [5, 5.41) is 53.5. The van der Waals surface area contributed by atoms with Crippen LogP contribution in [-0.4, -0.2) is 130 Å². The van der Waals surface area contributed by atoms with E-state index in [-0.39, 0.29) is 50.5 Å². The lowest BCUT2D eigenvalue weighted by Gasteiger charge is -2.27. The van der Waals surface area contributed by atoms with Crippen molar-refractivity contribution in [1.29, 1.82) is 0 Å². The van der Waals surface area contributed by atoms with Gasteiger partial charge in [-0.1, -0.05) is 156 Å². The molecule has 0 amide bonds. The van der Waals surface area contributed by atoms with Gasteiger partial charge in [-0.25, -0.2) is 0 Å². The molecule has 0 aromatic heterocycles. The standard InChI is InChI=1S/C50H100N2O9/c1-6-10-14-22-30-44(53)40-51(41-45(54)31-23-15-11-7-2)34-26-18-20-28-36-60-48(57)38-50(5,59)39-49(58)61-37-29-21-19-27-35-52(42-46(55)32-24-16-12-8-3)43-47(56)33-25-17-13-9-4/h44-47,53-56,59H,6-43H2,1-5H3. The van der Waals surface area contributed by atoms with Crippen molar-refractivity contribution in [3.63, 3.8) is 0 Å². The molecule has 11 nitrogen and oxygen atoms in total. The van der Waals surface area contributed by atoms with Crippen LogP contribution in [0.4, 0.5) is 0 Å². The molecule has 0 aliphatic rings. The van der Waals surface area contributed by atoms with Crippen LogP contribution in [0, 0.1) is 0 Å². The third-order valence-corrected chi connectivity index (χ3v) is 11.8. The summed E-state index contributed by atoms with van der Waals surface area (Å²) in [6.45, 7) is 14.7. The van der Waals surface area contributed by atoms with Gasteiger partial charge in [0.25, 0.3) is 0 Å². The molecular weight excluding hydrogens is 773 g/mol. The molecule has 0 rings (SSSR count). The van der Waals surface area contributed by atoms with Crippen LogP contribution < -0.4 is 0 Å². The zero-order valence-electron chi connectivity index (χ0n) is 40.4. The quantitative estimate of drug-likeness (QED) is 0.0293. The van der Waals surface area contributed by atoms with Crippen LogP contribution in [0.5, 0.6) is 0 Å². The molecule has 4 unspecified atom stereocenters. The molecule has 4 atom stereocenters. The maximum atomic E-state index is 12.5. The molecule has 0 aromatic carbocycles. The van der Waals surface area contributed by atoms with E-state index in [1.165, 1.54) is 58.3 Å². The van der Waals surface area contributed by atoms with Gasteiger partial charge in [0.05, 0.1) is 56.1 Å². The zero-order valence-corrected chi connectivity index (χ0v) is 40.4. The van der Waals surface area contributed by atoms with Crippen LogP contribution in [0.3, 0.4) is 0 Å². The van der Waals surface area contributed by atoms with Crippen molar-refractivity contribution in [1.82, 2.24) is 9.80 Å². The fraction of sp³-hybridized carbons (Fsp3) is 0.960. The van der Waals surface area contributed by atoms with E-state index in [9.17, 15) is 35.1 Å². The van der Waals surface area contributed by atoms with Crippen LogP contribution in [0.1, 0.15) is 227 Å². The number of esters is 2. The van der Waals surface area contributed by atoms with Gasteiger partial charge in [-0.2, -0.15) is 0 Å². The van der Waals surface area contributed by atoms with Crippen molar-refractivity contribution in [3.05, 3.63) is 0 Å². The summed E-state index contributed by atoms with van der Waals surface area (Å²) in [5.74, 6) is -1.07. The zero-order chi connectivity index (χ0) is 45.4. The molecule has 0 saturated heterocycles. The van der Waals surface area contributed by atoms with Gasteiger partial charge in [0.1, 0.15) is 0 Å². The summed E-state index contributed by atoms with van der Waals surface area (Å²) in [6.07, 6.45) is 26.2. The van der Waals surface area contributed by atoms with Gasteiger partial charge in [-0.15, -0.1) is 0 Å². The number of aliphatic hydroxyl groups excluding tert-OH is 4. The molecule has 11 heteroatoms. The number of carbonyl (C=O) groups is 2. The van der Waals surface area contributed by atoms with E-state index in [1.807, 2.05) is 0 Å².